The lowest BCUT2D eigenvalue weighted by Crippen LogP contribution is -2.32. The molecular weight excluding hydrogens is 412 g/mol. The fraction of sp³-hybridized carbons (Fsp3) is 0.304. The summed E-state index contributed by atoms with van der Waals surface area (Å²) in [5.74, 6) is -1.35. The third kappa shape index (κ3) is 5.23. The lowest BCUT2D eigenvalue weighted by molar-refractivity contribution is -0.147. The van der Waals surface area contributed by atoms with Gasteiger partial charge in [-0.25, -0.2) is 0 Å². The number of anilines is 1. The number of carbonyl (C=O) groups is 3. The summed E-state index contributed by atoms with van der Waals surface area (Å²) in [5, 5.41) is 10.8. The molecule has 3 rings (SSSR count). The first-order valence-electron chi connectivity index (χ1n) is 10.0. The van der Waals surface area contributed by atoms with Crippen molar-refractivity contribution in [2.75, 3.05) is 5.32 Å². The van der Waals surface area contributed by atoms with Crippen LogP contribution in [0.1, 0.15) is 38.1 Å². The van der Waals surface area contributed by atoms with Crippen molar-refractivity contribution in [3.05, 3.63) is 64.4 Å². The molecule has 1 N–H and O–H groups in total. The van der Waals surface area contributed by atoms with Crippen LogP contribution >= 0.6 is 0 Å². The second-order valence-corrected chi connectivity index (χ2v) is 8.35. The van der Waals surface area contributed by atoms with Crippen molar-refractivity contribution in [1.82, 2.24) is 15.0 Å². The van der Waals surface area contributed by atoms with Gasteiger partial charge in [0.25, 0.3) is 5.56 Å². The smallest absolute Gasteiger partial charge is 0.328 e. The number of carbonyl (C=O) groups excluding carboxylic acids is 3. The molecule has 0 saturated heterocycles. The van der Waals surface area contributed by atoms with Gasteiger partial charge in [-0.1, -0.05) is 38.1 Å². The third-order valence-corrected chi connectivity index (χ3v) is 4.69. The molecule has 2 aromatic carbocycles. The van der Waals surface area contributed by atoms with Crippen LogP contribution in [0.4, 0.5) is 5.69 Å². The van der Waals surface area contributed by atoms with Crippen LogP contribution in [0.2, 0.25) is 0 Å². The molecule has 0 radical (unpaired) electrons. The quantitative estimate of drug-likeness (QED) is 0.466. The third-order valence-electron chi connectivity index (χ3n) is 4.69. The van der Waals surface area contributed by atoms with Crippen LogP contribution < -0.4 is 10.9 Å². The molecule has 9 nitrogen and oxygen atoms in total. The van der Waals surface area contributed by atoms with E-state index in [0.29, 0.717) is 22.2 Å². The van der Waals surface area contributed by atoms with E-state index in [1.54, 1.807) is 69.3 Å². The fourth-order valence-electron chi connectivity index (χ4n) is 2.81. The van der Waals surface area contributed by atoms with E-state index in [1.165, 1.54) is 6.92 Å². The first-order valence-corrected chi connectivity index (χ1v) is 10.0. The highest BCUT2D eigenvalue weighted by Crippen LogP contribution is 2.18. The van der Waals surface area contributed by atoms with Crippen molar-refractivity contribution in [2.45, 2.75) is 40.3 Å². The predicted molar refractivity (Wildman–Crippen MR) is 118 cm³/mol. The van der Waals surface area contributed by atoms with E-state index < -0.39 is 35.4 Å². The second-order valence-electron chi connectivity index (χ2n) is 8.35. The first kappa shape index (κ1) is 22.8. The number of hydrogen-bond donors (Lipinski definition) is 1. The van der Waals surface area contributed by atoms with E-state index in [2.05, 4.69) is 15.6 Å². The molecule has 0 bridgehead atoms. The molecule has 0 saturated carbocycles. The number of nitrogens with one attached hydrogen (secondary N) is 1. The number of nitrogens with zero attached hydrogens (tertiary/aromatic N) is 3. The summed E-state index contributed by atoms with van der Waals surface area (Å²) >= 11 is 0. The molecule has 166 valence electrons. The van der Waals surface area contributed by atoms with Crippen LogP contribution in [-0.4, -0.2) is 38.8 Å². The van der Waals surface area contributed by atoms with Gasteiger partial charge in [0.1, 0.15) is 12.1 Å². The average molecular weight is 436 g/mol. The highest BCUT2D eigenvalue weighted by atomic mass is 16.5. The molecule has 0 fully saturated rings. The monoisotopic (exact) mass is 436 g/mol. The van der Waals surface area contributed by atoms with E-state index >= 15 is 0 Å². The van der Waals surface area contributed by atoms with Gasteiger partial charge in [-0.3, -0.25) is 19.2 Å². The number of amides is 1. The van der Waals surface area contributed by atoms with E-state index in [9.17, 15) is 19.2 Å². The summed E-state index contributed by atoms with van der Waals surface area (Å²) in [7, 11) is 0. The van der Waals surface area contributed by atoms with Crippen molar-refractivity contribution < 1.29 is 19.1 Å². The molecule has 1 heterocycles. The highest BCUT2D eigenvalue weighted by molar-refractivity contribution is 6.01. The number of esters is 1. The van der Waals surface area contributed by atoms with Crippen LogP contribution in [0.5, 0.6) is 0 Å². The normalized spacial score (nSPS) is 12.2. The number of fused-ring (bicyclic) bond motifs is 1. The zero-order valence-corrected chi connectivity index (χ0v) is 18.3. The number of benzene rings is 2. The first-order chi connectivity index (χ1) is 15.1. The molecule has 1 aromatic heterocycles. The van der Waals surface area contributed by atoms with Crippen LogP contribution in [0.25, 0.3) is 10.9 Å². The number of ether oxygens (including phenoxy) is 1. The van der Waals surface area contributed by atoms with Gasteiger partial charge in [0, 0.05) is 16.7 Å². The van der Waals surface area contributed by atoms with Crippen LogP contribution in [0.15, 0.2) is 53.3 Å². The summed E-state index contributed by atoms with van der Waals surface area (Å²) in [6.45, 7) is 6.38. The summed E-state index contributed by atoms with van der Waals surface area (Å²) < 4.78 is 6.09. The number of aromatic nitrogens is 3. The number of Topliss-reactive ketones (excluding diaryl/α,β-unsaturated/α-hetero) is 1. The Morgan fingerprint density at radius 1 is 1.06 bits per heavy atom. The Morgan fingerprint density at radius 3 is 2.38 bits per heavy atom. The Balaban J connectivity index is 1.63. The Morgan fingerprint density at radius 2 is 1.72 bits per heavy atom. The number of rotatable bonds is 6. The standard InChI is InChI=1S/C23H24N4O5/c1-14(20(29)15-9-11-16(12-10-15)24-22(31)23(2,3)4)32-19(28)13-27-21(30)17-7-5-6-8-18(17)25-26-27/h5-12,14H,13H2,1-4H3,(H,24,31). The summed E-state index contributed by atoms with van der Waals surface area (Å²) in [6.07, 6.45) is -1.07. The van der Waals surface area contributed by atoms with Gasteiger partial charge >= 0.3 is 5.97 Å². The van der Waals surface area contributed by atoms with Gasteiger partial charge in [0.2, 0.25) is 11.7 Å². The van der Waals surface area contributed by atoms with Crippen molar-refractivity contribution in [1.29, 1.82) is 0 Å². The Labute approximate surface area is 184 Å². The lowest BCUT2D eigenvalue weighted by Gasteiger charge is -2.18. The molecule has 9 heteroatoms. The molecule has 0 spiro atoms. The van der Waals surface area contributed by atoms with Gasteiger partial charge in [0.05, 0.1) is 5.39 Å². The van der Waals surface area contributed by atoms with Gasteiger partial charge in [-0.2, -0.15) is 4.68 Å². The maximum absolute atomic E-state index is 12.6. The maximum Gasteiger partial charge on any atom is 0.328 e. The molecule has 0 aliphatic heterocycles. The molecular formula is C23H24N4O5. The van der Waals surface area contributed by atoms with Crippen LogP contribution in [0, 0.1) is 5.41 Å². The van der Waals surface area contributed by atoms with Crippen molar-refractivity contribution in [3.63, 3.8) is 0 Å². The second kappa shape index (κ2) is 9.09. The SMILES string of the molecule is CC(OC(=O)Cn1nnc2ccccc2c1=O)C(=O)c1ccc(NC(=O)C(C)(C)C)cc1. The number of ketones is 1. The minimum atomic E-state index is -1.07. The topological polar surface area (TPSA) is 120 Å². The Hall–Kier alpha value is -3.88. The van der Waals surface area contributed by atoms with Gasteiger partial charge in [-0.15, -0.1) is 5.10 Å². The largest absolute Gasteiger partial charge is 0.453 e. The Bertz CT molecular complexity index is 1230. The highest BCUT2D eigenvalue weighted by Gasteiger charge is 2.23. The van der Waals surface area contributed by atoms with Gasteiger partial charge in [-0.05, 0) is 43.3 Å². The summed E-state index contributed by atoms with van der Waals surface area (Å²) in [6, 6.07) is 13.0. The van der Waals surface area contributed by atoms with Crippen molar-refractivity contribution in [3.8, 4) is 0 Å². The van der Waals surface area contributed by atoms with Gasteiger partial charge in [0.15, 0.2) is 6.10 Å². The summed E-state index contributed by atoms with van der Waals surface area (Å²) in [4.78, 5) is 49.4. The minimum absolute atomic E-state index is 0.147. The number of hydrogen-bond acceptors (Lipinski definition) is 7. The van der Waals surface area contributed by atoms with E-state index in [-0.39, 0.29) is 5.91 Å². The Kier molecular flexibility index (Phi) is 6.47. The van der Waals surface area contributed by atoms with Gasteiger partial charge < -0.3 is 10.1 Å². The zero-order chi connectivity index (χ0) is 23.5. The molecule has 1 atom stereocenters. The summed E-state index contributed by atoms with van der Waals surface area (Å²) in [5.41, 5.74) is 0.281. The van der Waals surface area contributed by atoms with Crippen molar-refractivity contribution in [2.24, 2.45) is 5.41 Å². The predicted octanol–water partition coefficient (Wildman–Crippen LogP) is 2.59. The maximum atomic E-state index is 12.6. The molecule has 0 aliphatic rings. The molecule has 0 aliphatic carbocycles. The average Bonchev–Trinajstić information content (AvgIpc) is 2.75. The molecule has 1 amide bonds. The molecule has 32 heavy (non-hydrogen) atoms. The van der Waals surface area contributed by atoms with Crippen molar-refractivity contribution >= 4 is 34.3 Å². The van der Waals surface area contributed by atoms with E-state index in [4.69, 9.17) is 4.74 Å². The van der Waals surface area contributed by atoms with Crippen LogP contribution in [-0.2, 0) is 20.9 Å². The van der Waals surface area contributed by atoms with E-state index in [0.717, 1.165) is 4.68 Å². The molecule has 1 unspecified atom stereocenters. The lowest BCUT2D eigenvalue weighted by atomic mass is 9.95. The molecule has 3 aromatic rings. The zero-order valence-electron chi connectivity index (χ0n) is 18.3. The van der Waals surface area contributed by atoms with Crippen LogP contribution in [0.3, 0.4) is 0 Å². The fourth-order valence-corrected chi connectivity index (χ4v) is 2.81. The minimum Gasteiger partial charge on any atom is -0.453 e. The van der Waals surface area contributed by atoms with E-state index in [1.807, 2.05) is 0 Å².